The molecule has 0 aromatic heterocycles. The van der Waals surface area contributed by atoms with Crippen molar-refractivity contribution in [3.63, 3.8) is 0 Å². The number of hydrogen-bond acceptors (Lipinski definition) is 6. The molecule has 19 heavy (non-hydrogen) atoms. The molecule has 0 bridgehead atoms. The fourth-order valence-corrected chi connectivity index (χ4v) is 1.95. The third-order valence-corrected chi connectivity index (χ3v) is 4.18. The van der Waals surface area contributed by atoms with E-state index in [4.69, 9.17) is 15.6 Å². The van der Waals surface area contributed by atoms with Gasteiger partial charge in [0.1, 0.15) is 12.6 Å². The second kappa shape index (κ2) is 8.55. The van der Waals surface area contributed by atoms with Crippen LogP contribution in [0.25, 0.3) is 0 Å². The van der Waals surface area contributed by atoms with Crippen molar-refractivity contribution in [3.8, 4) is 0 Å². The molecule has 0 saturated carbocycles. The molecule has 0 aromatic carbocycles. The quantitative estimate of drug-likeness (QED) is 0.653. The van der Waals surface area contributed by atoms with Crippen molar-refractivity contribution in [2.75, 3.05) is 19.0 Å². The monoisotopic (exact) mass is 291 g/mol. The lowest BCUT2D eigenvalue weighted by molar-refractivity contribution is -0.150. The number of hydrogen-bond donors (Lipinski definition) is 2. The fourth-order valence-electron chi connectivity index (χ4n) is 1.23. The van der Waals surface area contributed by atoms with Crippen LogP contribution in [0.5, 0.6) is 0 Å². The molecule has 3 N–H and O–H groups in total. The first kappa shape index (κ1) is 18.4. The zero-order chi connectivity index (χ0) is 15.1. The Morgan fingerprint density at radius 3 is 2.47 bits per heavy atom. The number of esters is 1. The van der Waals surface area contributed by atoms with E-state index >= 15 is 0 Å². The summed E-state index contributed by atoms with van der Waals surface area (Å²) in [5.74, 6) is -0.0692. The summed E-state index contributed by atoms with van der Waals surface area (Å²) in [6.45, 7) is 7.22. The smallest absolute Gasteiger partial charge is 0.323 e. The van der Waals surface area contributed by atoms with Crippen molar-refractivity contribution in [2.45, 2.75) is 40.2 Å². The lowest BCUT2D eigenvalue weighted by Gasteiger charge is -2.24. The normalized spacial score (nSPS) is 14.8. The van der Waals surface area contributed by atoms with Gasteiger partial charge in [0, 0.05) is 5.75 Å². The number of nitrogens with two attached hydrogens (primary N) is 1. The highest BCUT2D eigenvalue weighted by atomic mass is 32.2. The van der Waals surface area contributed by atoms with Crippen LogP contribution in [-0.4, -0.2) is 41.2 Å². The standard InChI is InChI=1S/C13H25NO4S/c1-5-9(2)10(14)11(16)18-8-13(3,4)12(17)19-7-6-15/h9-10,15H,5-8,14H2,1-4H3. The molecule has 6 heteroatoms. The number of rotatable bonds is 8. The Morgan fingerprint density at radius 1 is 1.42 bits per heavy atom. The molecule has 5 nitrogen and oxygen atoms in total. The largest absolute Gasteiger partial charge is 0.463 e. The number of thioether (sulfide) groups is 1. The summed E-state index contributed by atoms with van der Waals surface area (Å²) in [4.78, 5) is 23.5. The van der Waals surface area contributed by atoms with Crippen LogP contribution in [0.3, 0.4) is 0 Å². The molecular weight excluding hydrogens is 266 g/mol. The van der Waals surface area contributed by atoms with Crippen molar-refractivity contribution >= 4 is 22.8 Å². The average Bonchev–Trinajstić information content (AvgIpc) is 2.40. The van der Waals surface area contributed by atoms with E-state index in [9.17, 15) is 9.59 Å². The maximum atomic E-state index is 11.8. The van der Waals surface area contributed by atoms with Crippen molar-refractivity contribution < 1.29 is 19.4 Å². The minimum absolute atomic E-state index is 0.00717. The SMILES string of the molecule is CCC(C)C(N)C(=O)OCC(C)(C)C(=O)SCCO. The molecule has 0 aliphatic rings. The molecule has 0 radical (unpaired) electrons. The summed E-state index contributed by atoms with van der Waals surface area (Å²) in [6.07, 6.45) is 0.797. The summed E-state index contributed by atoms with van der Waals surface area (Å²) in [6, 6.07) is -0.652. The van der Waals surface area contributed by atoms with Gasteiger partial charge in [-0.05, 0) is 19.8 Å². The molecule has 0 spiro atoms. The van der Waals surface area contributed by atoms with Crippen molar-refractivity contribution in [1.29, 1.82) is 0 Å². The summed E-state index contributed by atoms with van der Waals surface area (Å²) < 4.78 is 5.13. The van der Waals surface area contributed by atoms with Crippen molar-refractivity contribution in [1.82, 2.24) is 0 Å². The van der Waals surface area contributed by atoms with Crippen LogP contribution < -0.4 is 5.73 Å². The Hall–Kier alpha value is -0.590. The molecular formula is C13H25NO4S. The van der Waals surface area contributed by atoms with Crippen LogP contribution in [0.4, 0.5) is 0 Å². The molecule has 0 fully saturated rings. The van der Waals surface area contributed by atoms with Crippen LogP contribution in [0.2, 0.25) is 0 Å². The molecule has 0 aliphatic heterocycles. The van der Waals surface area contributed by atoms with Gasteiger partial charge < -0.3 is 15.6 Å². The van der Waals surface area contributed by atoms with Gasteiger partial charge in [0.15, 0.2) is 5.12 Å². The lowest BCUT2D eigenvalue weighted by Crippen LogP contribution is -2.40. The zero-order valence-corrected chi connectivity index (χ0v) is 13.0. The van der Waals surface area contributed by atoms with Gasteiger partial charge in [-0.1, -0.05) is 32.0 Å². The molecule has 112 valence electrons. The van der Waals surface area contributed by atoms with E-state index in [0.29, 0.717) is 5.75 Å². The maximum Gasteiger partial charge on any atom is 0.323 e. The predicted molar refractivity (Wildman–Crippen MR) is 76.7 cm³/mol. The molecule has 2 atom stereocenters. The van der Waals surface area contributed by atoms with E-state index < -0.39 is 17.4 Å². The number of carbonyl (C=O) groups excluding carboxylic acids is 2. The molecule has 0 aromatic rings. The average molecular weight is 291 g/mol. The Bertz CT molecular complexity index is 307. The van der Waals surface area contributed by atoms with Crippen LogP contribution >= 0.6 is 11.8 Å². The Morgan fingerprint density at radius 2 is 2.00 bits per heavy atom. The molecule has 0 heterocycles. The van der Waals surface area contributed by atoms with Gasteiger partial charge >= 0.3 is 5.97 Å². The number of aliphatic hydroxyl groups is 1. The Balaban J connectivity index is 4.30. The number of ether oxygens (including phenoxy) is 1. The molecule has 0 rings (SSSR count). The van der Waals surface area contributed by atoms with E-state index in [1.807, 2.05) is 13.8 Å². The van der Waals surface area contributed by atoms with Gasteiger partial charge in [0.25, 0.3) is 0 Å². The predicted octanol–water partition coefficient (Wildman–Crippen LogP) is 1.18. The molecule has 0 amide bonds. The maximum absolute atomic E-state index is 11.8. The zero-order valence-electron chi connectivity index (χ0n) is 12.1. The summed E-state index contributed by atoms with van der Waals surface area (Å²) in [5.41, 5.74) is 4.99. The highest BCUT2D eigenvalue weighted by Gasteiger charge is 2.31. The van der Waals surface area contributed by atoms with Gasteiger partial charge in [-0.2, -0.15) is 0 Å². The summed E-state index contributed by atoms with van der Waals surface area (Å²) in [7, 11) is 0. The minimum Gasteiger partial charge on any atom is -0.463 e. The van der Waals surface area contributed by atoms with Crippen LogP contribution in [-0.2, 0) is 14.3 Å². The van der Waals surface area contributed by atoms with Crippen LogP contribution in [0.1, 0.15) is 34.1 Å². The first-order chi connectivity index (χ1) is 8.76. The number of carbonyl (C=O) groups is 2. The minimum atomic E-state index is -0.773. The second-order valence-corrected chi connectivity index (χ2v) is 6.33. The van der Waals surface area contributed by atoms with E-state index in [0.717, 1.165) is 18.2 Å². The van der Waals surface area contributed by atoms with Crippen LogP contribution in [0.15, 0.2) is 0 Å². The third-order valence-electron chi connectivity index (χ3n) is 2.98. The topological polar surface area (TPSA) is 89.6 Å². The van der Waals surface area contributed by atoms with E-state index in [1.54, 1.807) is 13.8 Å². The number of aliphatic hydroxyl groups excluding tert-OH is 1. The van der Waals surface area contributed by atoms with E-state index in [-0.39, 0.29) is 24.2 Å². The summed E-state index contributed by atoms with van der Waals surface area (Å²) in [5, 5.41) is 8.58. The first-order valence-electron chi connectivity index (χ1n) is 6.46. The highest BCUT2D eigenvalue weighted by molar-refractivity contribution is 8.13. The second-order valence-electron chi connectivity index (χ2n) is 5.26. The van der Waals surface area contributed by atoms with Gasteiger partial charge in [-0.15, -0.1) is 0 Å². The van der Waals surface area contributed by atoms with Gasteiger partial charge in [-0.3, -0.25) is 9.59 Å². The van der Waals surface area contributed by atoms with E-state index in [1.165, 1.54) is 0 Å². The van der Waals surface area contributed by atoms with E-state index in [2.05, 4.69) is 0 Å². The Labute approximate surface area is 119 Å². The Kier molecular flexibility index (Phi) is 8.29. The molecule has 0 saturated heterocycles. The van der Waals surface area contributed by atoms with Crippen molar-refractivity contribution in [3.05, 3.63) is 0 Å². The first-order valence-corrected chi connectivity index (χ1v) is 7.45. The van der Waals surface area contributed by atoms with Gasteiger partial charge in [0.2, 0.25) is 0 Å². The highest BCUT2D eigenvalue weighted by Crippen LogP contribution is 2.24. The van der Waals surface area contributed by atoms with Crippen molar-refractivity contribution in [2.24, 2.45) is 17.1 Å². The molecule has 0 aliphatic carbocycles. The lowest BCUT2D eigenvalue weighted by atomic mass is 9.96. The van der Waals surface area contributed by atoms with Gasteiger partial charge in [-0.25, -0.2) is 0 Å². The molecule has 2 unspecified atom stereocenters. The summed E-state index contributed by atoms with van der Waals surface area (Å²) >= 11 is 1.04. The third kappa shape index (κ3) is 6.40. The van der Waals surface area contributed by atoms with Gasteiger partial charge in [0.05, 0.1) is 12.0 Å². The van der Waals surface area contributed by atoms with Crippen LogP contribution in [0, 0.1) is 11.3 Å². The fraction of sp³-hybridized carbons (Fsp3) is 0.846.